The molecule has 0 aliphatic carbocycles. The van der Waals surface area contributed by atoms with Crippen molar-refractivity contribution in [1.29, 1.82) is 0 Å². The maximum atomic E-state index is 14.4. The Hall–Kier alpha value is -3.81. The number of alkyl halides is 1. The summed E-state index contributed by atoms with van der Waals surface area (Å²) in [5.74, 6) is 1.26. The van der Waals surface area contributed by atoms with Crippen molar-refractivity contribution in [3.8, 4) is 33.8 Å². The number of piperidine rings is 2. The lowest BCUT2D eigenvalue weighted by Gasteiger charge is -2.31. The molecule has 4 aromatic rings. The third kappa shape index (κ3) is 7.94. The van der Waals surface area contributed by atoms with Crippen LogP contribution in [0.15, 0.2) is 72.8 Å². The first-order valence-corrected chi connectivity index (χ1v) is 16.6. The van der Waals surface area contributed by atoms with Gasteiger partial charge in [0, 0.05) is 115 Å². The molecule has 4 aromatic carbocycles. The number of aliphatic hydroxyl groups excluding tert-OH is 1. The molecule has 0 unspecified atom stereocenters. The van der Waals surface area contributed by atoms with Gasteiger partial charge in [0.25, 0.3) is 0 Å². The van der Waals surface area contributed by atoms with Crippen molar-refractivity contribution in [3.05, 3.63) is 95.6 Å². The van der Waals surface area contributed by atoms with E-state index >= 15 is 0 Å². The molecule has 5 nitrogen and oxygen atoms in total. The molecule has 2 saturated heterocycles. The molecule has 1 N–H and O–H groups in total. The standard InChI is InChI=1S/C19H21ClFNO.C19H22FNO2.17H2/c1-23-15-6-8-18(21)17(12-15)16-7-5-14(13-20)11-19(16)22-9-3-2-4-10-22;1-23-15-6-8-18(20)17(12-15)16-7-5-14(13-22)11-19(16)21-9-3-2-4-10-21;;;;;;;;;;;;;;;;;/h5-8,11-12H,2-4,9-10,13H2,1H3;5-8,11-12,22H,2-4,9-10,13H2,1H3;17*1H/i;;16*1+2T;1+2. The first-order chi connectivity index (χ1) is 38.4. The van der Waals surface area contributed by atoms with Crippen molar-refractivity contribution in [1.82, 2.24) is 0 Å². The molecule has 0 aromatic heterocycles. The molecule has 278 valence electrons. The summed E-state index contributed by atoms with van der Waals surface area (Å²) in [6, 6.07) is 21.4. The van der Waals surface area contributed by atoms with Gasteiger partial charge in [-0.2, -0.15) is 0 Å². The summed E-state index contributed by atoms with van der Waals surface area (Å²) in [4.78, 5) is 4.63. The van der Waals surface area contributed by atoms with E-state index < -0.39 is 0 Å². The van der Waals surface area contributed by atoms with Crippen LogP contribution in [-0.4, -0.2) is 45.5 Å². The maximum absolute atomic E-state index is 14.4. The molecule has 2 fully saturated rings. The third-order valence-electron chi connectivity index (χ3n) is 8.78. The molecule has 2 aliphatic rings. The van der Waals surface area contributed by atoms with Crippen molar-refractivity contribution in [2.24, 2.45) is 0 Å². The van der Waals surface area contributed by atoms with Crippen molar-refractivity contribution < 1.29 is 72.3 Å². The lowest BCUT2D eigenvalue weighted by molar-refractivity contribution is 0.282. The molecule has 0 spiro atoms. The number of nitrogens with zero attached hydrogens (tertiary/aromatic N) is 2. The molecule has 2 aliphatic heterocycles. The van der Waals surface area contributed by atoms with Crippen LogP contribution in [0.2, 0.25) is 0 Å². The molecular weight excluding hydrogens is 606 g/mol. The number of rotatable bonds is 8. The fourth-order valence-corrected chi connectivity index (χ4v) is 6.43. The SMILES string of the molecule is COc1ccc(F)c(-c2ccc(CCl)cc2N2CCCCC2)c1.COc1ccc(F)c(-c2ccc(CO)cc2N2CCCCC2)c1.[3HH].[3H][3H].[3H][3H].[3H][3H].[3H][3H].[3H][3H].[3H][3H].[3H][3H].[3H][3H].[3H][3H].[3H][3H].[3H][3H].[3H][3H].[3H][3H].[3H][3H].[3H][3H].[3H][3H]. The Kier molecular flexibility index (Phi) is 6.50. The van der Waals surface area contributed by atoms with Crippen LogP contribution in [0.5, 0.6) is 11.5 Å². The third-order valence-corrected chi connectivity index (χ3v) is 9.09. The van der Waals surface area contributed by atoms with E-state index in [1.807, 2.05) is 30.3 Å². The second-order valence-corrected chi connectivity index (χ2v) is 12.0. The summed E-state index contributed by atoms with van der Waals surface area (Å²) in [7, 11) is 3.18. The van der Waals surface area contributed by atoms with Gasteiger partial charge in [-0.25, -0.2) is 8.78 Å². The fourth-order valence-electron chi connectivity index (χ4n) is 6.26. The molecule has 2 heterocycles. The summed E-state index contributed by atoms with van der Waals surface area (Å²) in [5.41, 5.74) is 6.81. The average Bonchev–Trinajstić information content (AvgIpc) is 3.59. The molecule has 0 bridgehead atoms. The van der Waals surface area contributed by atoms with Gasteiger partial charge in [0.15, 0.2) is 0 Å². The van der Waals surface area contributed by atoms with E-state index in [1.165, 1.54) is 37.8 Å². The number of aliphatic hydroxyl groups is 1. The summed E-state index contributed by atoms with van der Waals surface area (Å²) >= 11 is 6.00. The van der Waals surface area contributed by atoms with Gasteiger partial charge in [-0.3, -0.25) is 0 Å². The number of halogens is 3. The van der Waals surface area contributed by atoms with Crippen LogP contribution in [0, 0.1) is 11.6 Å². The number of anilines is 2. The van der Waals surface area contributed by atoms with Crippen LogP contribution >= 0.6 is 11.6 Å². The van der Waals surface area contributed by atoms with Crippen LogP contribution in [0.25, 0.3) is 22.3 Å². The number of hydrogen-bond acceptors (Lipinski definition) is 5. The van der Waals surface area contributed by atoms with Crippen LogP contribution < -0.4 is 19.3 Å². The zero-order chi connectivity index (χ0) is 64.5. The minimum atomic E-state index is -0.263. The predicted octanol–water partition coefficient (Wildman–Crippen LogP) is 13.4. The molecular formula is C38H77ClF2N2O3. The van der Waals surface area contributed by atoms with Gasteiger partial charge >= 0.3 is 0 Å². The lowest BCUT2D eigenvalue weighted by atomic mass is 9.98. The van der Waals surface area contributed by atoms with Gasteiger partial charge in [0.05, 0.1) is 20.8 Å². The van der Waals surface area contributed by atoms with Crippen LogP contribution in [-0.2, 0) is 12.5 Å². The topological polar surface area (TPSA) is 45.2 Å². The molecule has 0 radical (unpaired) electrons. The maximum Gasteiger partial charge on any atom is 0.131 e. The van der Waals surface area contributed by atoms with Gasteiger partial charge in [0.1, 0.15) is 23.1 Å². The number of methoxy groups -OCH3 is 2. The van der Waals surface area contributed by atoms with Gasteiger partial charge in [-0.1, -0.05) is 24.3 Å². The highest BCUT2D eigenvalue weighted by Gasteiger charge is 2.20. The minimum absolute atomic E-state index is 0. The summed E-state index contributed by atoms with van der Waals surface area (Å²) in [6.45, 7) is 3.93. The minimum Gasteiger partial charge on any atom is -0.497 e. The average molecular weight is 750 g/mol. The van der Waals surface area contributed by atoms with Gasteiger partial charge in [-0.05, 0) is 98.2 Å². The Balaban J connectivity index is -0.0000000660. The first kappa shape index (κ1) is 18.5. The van der Waals surface area contributed by atoms with Crippen LogP contribution in [0.1, 0.15) is 98.6 Å². The monoisotopic (exact) mass is 749 g/mol. The zero-order valence-electron chi connectivity index (χ0n) is 58.7. The van der Waals surface area contributed by atoms with Crippen LogP contribution in [0.4, 0.5) is 20.2 Å². The Labute approximate surface area is 327 Å². The molecule has 0 amide bonds. The second kappa shape index (κ2) is 16.1. The fraction of sp³-hybridized carbons (Fsp3) is 0.368. The lowest BCUT2D eigenvalue weighted by Crippen LogP contribution is -2.30. The largest absolute Gasteiger partial charge is 0.497 e. The molecule has 46 heavy (non-hydrogen) atoms. The number of hydrogen-bond donors (Lipinski definition) is 1. The smallest absolute Gasteiger partial charge is 0.131 e. The quantitative estimate of drug-likeness (QED) is 0.182. The number of benzene rings is 4. The first-order valence-electron chi connectivity index (χ1n) is 32.1. The Morgan fingerprint density at radius 3 is 1.48 bits per heavy atom. The molecule has 8 heteroatoms. The second-order valence-electron chi connectivity index (χ2n) is 11.8. The Bertz CT molecular complexity index is 1560. The summed E-state index contributed by atoms with van der Waals surface area (Å²) in [6.07, 6.45) is 7.12. The van der Waals surface area contributed by atoms with Gasteiger partial charge in [0.2, 0.25) is 0 Å². The van der Waals surface area contributed by atoms with E-state index in [4.69, 9.17) is 68.6 Å². The molecule has 6 rings (SSSR count). The highest BCUT2D eigenvalue weighted by molar-refractivity contribution is 6.17. The van der Waals surface area contributed by atoms with E-state index in [2.05, 4.69) is 15.9 Å². The van der Waals surface area contributed by atoms with E-state index in [-0.39, 0.29) is 19.7 Å². The predicted molar refractivity (Wildman–Crippen MR) is 220 cm³/mol. The highest BCUT2D eigenvalue weighted by atomic mass is 35.5. The zero-order valence-corrected chi connectivity index (χ0v) is 27.5. The Morgan fingerprint density at radius 1 is 0.630 bits per heavy atom. The van der Waals surface area contributed by atoms with E-state index in [1.54, 1.807) is 38.5 Å². The van der Waals surface area contributed by atoms with Gasteiger partial charge in [-0.15, -0.1) is 11.6 Å². The van der Waals surface area contributed by atoms with E-state index in [0.29, 0.717) is 28.5 Å². The Morgan fingerprint density at radius 2 is 1.07 bits per heavy atom. The summed E-state index contributed by atoms with van der Waals surface area (Å²) in [5, 5.41) is 9.45. The van der Waals surface area contributed by atoms with E-state index in [0.717, 1.165) is 72.6 Å². The highest BCUT2D eigenvalue weighted by Crippen LogP contribution is 2.38. The van der Waals surface area contributed by atoms with Gasteiger partial charge < -0.3 is 24.4 Å². The van der Waals surface area contributed by atoms with E-state index in [9.17, 15) is 13.9 Å². The van der Waals surface area contributed by atoms with Crippen molar-refractivity contribution >= 4 is 23.0 Å². The molecule has 0 atom stereocenters. The number of ether oxygens (including phenoxy) is 2. The normalized spacial score (nSPS) is 17.6. The van der Waals surface area contributed by atoms with Crippen LogP contribution in [0.3, 0.4) is 0 Å². The molecule has 0 saturated carbocycles. The van der Waals surface area contributed by atoms with Crippen molar-refractivity contribution in [2.75, 3.05) is 50.2 Å². The van der Waals surface area contributed by atoms with Crippen molar-refractivity contribution in [2.45, 2.75) is 51.0 Å². The summed E-state index contributed by atoms with van der Waals surface area (Å²) < 4.78 is 199. The van der Waals surface area contributed by atoms with Crippen molar-refractivity contribution in [3.63, 3.8) is 0 Å².